The minimum Gasteiger partial charge on any atom is -0.283 e. The van der Waals surface area contributed by atoms with Crippen molar-refractivity contribution >= 4 is 57.4 Å². The fourth-order valence-electron chi connectivity index (χ4n) is 3.07. The number of benzene rings is 3. The molecule has 0 spiro atoms. The van der Waals surface area contributed by atoms with Gasteiger partial charge in [-0.1, -0.05) is 72.4 Å². The van der Waals surface area contributed by atoms with Crippen LogP contribution in [0.4, 0.5) is 0 Å². The molecular weight excluding hydrogens is 535 g/mol. The lowest BCUT2D eigenvalue weighted by Gasteiger charge is -2.13. The highest BCUT2D eigenvalue weighted by molar-refractivity contribution is 14.1. The summed E-state index contributed by atoms with van der Waals surface area (Å²) in [5.74, 6) is -0.186. The summed E-state index contributed by atoms with van der Waals surface area (Å²) in [4.78, 5) is 30.2. The van der Waals surface area contributed by atoms with Gasteiger partial charge >= 0.3 is 0 Å². The quantitative estimate of drug-likeness (QED) is 0.122. The molecule has 1 amide bonds. The van der Waals surface area contributed by atoms with Gasteiger partial charge in [0.05, 0.1) is 29.4 Å². The number of carbonyl (C=O) groups excluding carboxylic acids is 1. The van der Waals surface area contributed by atoms with Gasteiger partial charge in [-0.2, -0.15) is 5.10 Å². The number of halogens is 1. The molecule has 0 radical (unpaired) electrons. The van der Waals surface area contributed by atoms with Crippen LogP contribution >= 0.6 is 34.4 Å². The largest absolute Gasteiger partial charge is 0.283 e. The summed E-state index contributed by atoms with van der Waals surface area (Å²) < 4.78 is 2.59. The molecule has 0 unspecified atom stereocenters. The first-order chi connectivity index (χ1) is 15.6. The second-order valence-corrected chi connectivity index (χ2v) is 9.11. The van der Waals surface area contributed by atoms with Gasteiger partial charge in [-0.3, -0.25) is 14.2 Å². The van der Waals surface area contributed by atoms with Crippen molar-refractivity contribution in [2.24, 2.45) is 5.10 Å². The molecule has 0 fully saturated rings. The highest BCUT2D eigenvalue weighted by Gasteiger charge is 2.14. The van der Waals surface area contributed by atoms with Gasteiger partial charge in [0.2, 0.25) is 0 Å². The van der Waals surface area contributed by atoms with Gasteiger partial charge in [-0.15, -0.1) is 0 Å². The molecule has 0 aliphatic carbocycles. The molecule has 1 heterocycles. The second-order valence-electron chi connectivity index (χ2n) is 6.93. The number of nitrogens with one attached hydrogen (secondary N) is 1. The number of nitrogens with zero attached hydrogens (tertiary/aromatic N) is 3. The van der Waals surface area contributed by atoms with E-state index in [4.69, 9.17) is 0 Å². The van der Waals surface area contributed by atoms with E-state index in [0.717, 1.165) is 14.7 Å². The van der Waals surface area contributed by atoms with Crippen molar-refractivity contribution in [2.75, 3.05) is 5.75 Å². The summed E-state index contributed by atoms with van der Waals surface area (Å²) >= 11 is 3.40. The maximum absolute atomic E-state index is 13.3. The van der Waals surface area contributed by atoms with Gasteiger partial charge in [0, 0.05) is 3.57 Å². The zero-order chi connectivity index (χ0) is 22.3. The Morgan fingerprint density at radius 1 is 1.06 bits per heavy atom. The number of carbonyl (C=O) groups is 1. The average Bonchev–Trinajstić information content (AvgIpc) is 2.81. The molecule has 0 atom stereocenters. The Labute approximate surface area is 202 Å². The molecular formula is C24H19IN4O2S. The summed E-state index contributed by atoms with van der Waals surface area (Å²) in [6.45, 7) is 0.379. The molecule has 4 rings (SSSR count). The Bertz CT molecular complexity index is 1320. The van der Waals surface area contributed by atoms with Crippen LogP contribution in [0.15, 0.2) is 93.9 Å². The van der Waals surface area contributed by atoms with Gasteiger partial charge < -0.3 is 0 Å². The normalized spacial score (nSPS) is 11.2. The molecule has 3 aromatic carbocycles. The first kappa shape index (κ1) is 22.2. The van der Waals surface area contributed by atoms with E-state index in [-0.39, 0.29) is 17.2 Å². The molecule has 1 aromatic heterocycles. The molecule has 0 bridgehead atoms. The highest BCUT2D eigenvalue weighted by atomic mass is 127. The van der Waals surface area contributed by atoms with Crippen LogP contribution in [0.5, 0.6) is 0 Å². The number of hydrazone groups is 1. The third-order valence-electron chi connectivity index (χ3n) is 4.60. The lowest BCUT2D eigenvalue weighted by atomic mass is 10.2. The number of fused-ring (bicyclic) bond motifs is 1. The number of hydrogen-bond acceptors (Lipinski definition) is 5. The zero-order valence-electron chi connectivity index (χ0n) is 16.9. The minimum atomic E-state index is -0.273. The van der Waals surface area contributed by atoms with Crippen molar-refractivity contribution < 1.29 is 4.79 Å². The smallest absolute Gasteiger partial charge is 0.262 e. The Balaban J connectivity index is 1.55. The number of rotatable bonds is 7. The third kappa shape index (κ3) is 5.63. The van der Waals surface area contributed by atoms with E-state index in [2.05, 4.69) is 38.1 Å². The first-order valence-corrected chi connectivity index (χ1v) is 11.9. The van der Waals surface area contributed by atoms with Crippen LogP contribution in [-0.4, -0.2) is 27.4 Å². The van der Waals surface area contributed by atoms with E-state index in [0.29, 0.717) is 22.6 Å². The van der Waals surface area contributed by atoms with E-state index in [9.17, 15) is 9.59 Å². The van der Waals surface area contributed by atoms with Crippen molar-refractivity contribution in [1.29, 1.82) is 0 Å². The maximum atomic E-state index is 13.3. The number of hydrogen-bond donors (Lipinski definition) is 1. The van der Waals surface area contributed by atoms with Gasteiger partial charge in [-0.25, -0.2) is 10.4 Å². The van der Waals surface area contributed by atoms with Crippen molar-refractivity contribution in [3.05, 3.63) is 104 Å². The van der Waals surface area contributed by atoms with Crippen molar-refractivity contribution in [2.45, 2.75) is 11.7 Å². The molecule has 0 saturated carbocycles. The van der Waals surface area contributed by atoms with Crippen LogP contribution in [0.3, 0.4) is 0 Å². The Morgan fingerprint density at radius 2 is 1.78 bits per heavy atom. The van der Waals surface area contributed by atoms with E-state index in [1.165, 1.54) is 11.8 Å². The topological polar surface area (TPSA) is 76.3 Å². The fraction of sp³-hybridized carbons (Fsp3) is 0.0833. The van der Waals surface area contributed by atoms with Crippen LogP contribution in [-0.2, 0) is 11.3 Å². The number of amides is 1. The van der Waals surface area contributed by atoms with Crippen LogP contribution in [0.25, 0.3) is 10.9 Å². The van der Waals surface area contributed by atoms with E-state index in [1.54, 1.807) is 10.8 Å². The predicted octanol–water partition coefficient (Wildman–Crippen LogP) is 4.29. The summed E-state index contributed by atoms with van der Waals surface area (Å²) in [5.41, 5.74) is 4.89. The summed E-state index contributed by atoms with van der Waals surface area (Å²) in [7, 11) is 0. The maximum Gasteiger partial charge on any atom is 0.262 e. The zero-order valence-corrected chi connectivity index (χ0v) is 19.9. The average molecular weight is 554 g/mol. The van der Waals surface area contributed by atoms with Crippen LogP contribution in [0, 0.1) is 3.57 Å². The van der Waals surface area contributed by atoms with Gasteiger partial charge in [0.25, 0.3) is 11.5 Å². The molecule has 0 saturated heterocycles. The number of thioether (sulfide) groups is 1. The van der Waals surface area contributed by atoms with Crippen LogP contribution in [0.1, 0.15) is 11.1 Å². The summed E-state index contributed by atoms with van der Waals surface area (Å²) in [6, 6.07) is 24.8. The number of aromatic nitrogens is 2. The third-order valence-corrected chi connectivity index (χ3v) is 6.25. The molecule has 32 heavy (non-hydrogen) atoms. The Kier molecular flexibility index (Phi) is 7.33. The van der Waals surface area contributed by atoms with Crippen LogP contribution in [0.2, 0.25) is 0 Å². The predicted molar refractivity (Wildman–Crippen MR) is 137 cm³/mol. The van der Waals surface area contributed by atoms with Gasteiger partial charge in [0.1, 0.15) is 0 Å². The van der Waals surface area contributed by atoms with E-state index >= 15 is 0 Å². The van der Waals surface area contributed by atoms with E-state index in [1.807, 2.05) is 78.9 Å². The van der Waals surface area contributed by atoms with Crippen LogP contribution < -0.4 is 11.0 Å². The fourth-order valence-corrected chi connectivity index (χ4v) is 4.35. The minimum absolute atomic E-state index is 0.0865. The Hall–Kier alpha value is -2.98. The molecule has 6 nitrogen and oxygen atoms in total. The first-order valence-electron chi connectivity index (χ1n) is 9.84. The van der Waals surface area contributed by atoms with Gasteiger partial charge in [0.15, 0.2) is 5.16 Å². The monoisotopic (exact) mass is 554 g/mol. The summed E-state index contributed by atoms with van der Waals surface area (Å²) in [6.07, 6.45) is 1.59. The second kappa shape index (κ2) is 10.6. The lowest BCUT2D eigenvalue weighted by molar-refractivity contribution is -0.118. The molecule has 0 aliphatic heterocycles. The highest BCUT2D eigenvalue weighted by Crippen LogP contribution is 2.20. The van der Waals surface area contributed by atoms with Crippen molar-refractivity contribution in [1.82, 2.24) is 15.0 Å². The molecule has 8 heteroatoms. The lowest BCUT2D eigenvalue weighted by Crippen LogP contribution is -2.25. The Morgan fingerprint density at radius 3 is 2.53 bits per heavy atom. The standard InChI is InChI=1S/C24H19IN4O2S/c25-19-11-12-21-20(13-19)23(31)29(15-18-9-5-2-6-10-18)24(27-21)32-16-22(30)28-26-14-17-7-3-1-4-8-17/h1-14H,15-16H2,(H,28,30). The van der Waals surface area contributed by atoms with E-state index < -0.39 is 0 Å². The SMILES string of the molecule is O=C(CSc1nc2ccc(I)cc2c(=O)n1Cc1ccccc1)NN=Cc1ccccc1. The molecule has 1 N–H and O–H groups in total. The molecule has 0 aliphatic rings. The summed E-state index contributed by atoms with van der Waals surface area (Å²) in [5, 5.41) is 5.05. The van der Waals surface area contributed by atoms with Crippen molar-refractivity contribution in [3.63, 3.8) is 0 Å². The molecule has 4 aromatic rings. The molecule has 160 valence electrons. The van der Waals surface area contributed by atoms with Gasteiger partial charge in [-0.05, 0) is 51.9 Å². The van der Waals surface area contributed by atoms with Crippen molar-refractivity contribution in [3.8, 4) is 0 Å².